The van der Waals surface area contributed by atoms with E-state index in [1.54, 1.807) is 6.07 Å². The van der Waals surface area contributed by atoms with Crippen LogP contribution in [0.3, 0.4) is 0 Å². The van der Waals surface area contributed by atoms with Crippen molar-refractivity contribution in [3.63, 3.8) is 0 Å². The lowest BCUT2D eigenvalue weighted by Gasteiger charge is -2.14. The first-order chi connectivity index (χ1) is 11.9. The number of hydrogen-bond donors (Lipinski definition) is 3. The molecule has 0 aromatic heterocycles. The van der Waals surface area contributed by atoms with Crippen molar-refractivity contribution in [2.24, 2.45) is 0 Å². The van der Waals surface area contributed by atoms with Crippen LogP contribution >= 0.6 is 0 Å². The van der Waals surface area contributed by atoms with Crippen LogP contribution in [0.15, 0.2) is 42.5 Å². The zero-order valence-corrected chi connectivity index (χ0v) is 15.1. The Hall–Kier alpha value is -2.33. The second kappa shape index (κ2) is 8.67. The molecule has 1 unspecified atom stereocenters. The summed E-state index contributed by atoms with van der Waals surface area (Å²) < 4.78 is 0. The summed E-state index contributed by atoms with van der Waals surface area (Å²) in [5.41, 5.74) is 4.10. The second-order valence-corrected chi connectivity index (χ2v) is 6.66. The molecular weight excluding hydrogens is 314 g/mol. The van der Waals surface area contributed by atoms with E-state index < -0.39 is 12.1 Å². The summed E-state index contributed by atoms with van der Waals surface area (Å²) in [6.45, 7) is 6.65. The Kier molecular flexibility index (Phi) is 6.59. The van der Waals surface area contributed by atoms with Crippen molar-refractivity contribution in [2.45, 2.75) is 52.2 Å². The van der Waals surface area contributed by atoms with Crippen LogP contribution in [0.5, 0.6) is 0 Å². The fourth-order valence-electron chi connectivity index (χ4n) is 2.89. The zero-order valence-electron chi connectivity index (χ0n) is 15.1. The standard InChI is InChI=1S/C21H27NO3/c1-4-6-20(23)16-7-5-8-17(12-16)22-13-15-9-10-18(21(24)25)19(11-15)14(2)3/h5,7-12,14,20,22-23H,4,6,13H2,1-3H3,(H,24,25). The Bertz CT molecular complexity index is 725. The molecule has 0 radical (unpaired) electrons. The van der Waals surface area contributed by atoms with Gasteiger partial charge in [-0.15, -0.1) is 0 Å². The van der Waals surface area contributed by atoms with Crippen molar-refractivity contribution >= 4 is 11.7 Å². The average Bonchev–Trinajstić information content (AvgIpc) is 2.60. The maximum absolute atomic E-state index is 11.3. The van der Waals surface area contributed by atoms with Gasteiger partial charge in [-0.05, 0) is 47.2 Å². The van der Waals surface area contributed by atoms with Gasteiger partial charge in [-0.1, -0.05) is 51.5 Å². The number of aromatic carboxylic acids is 1. The van der Waals surface area contributed by atoms with Gasteiger partial charge in [0.1, 0.15) is 0 Å². The van der Waals surface area contributed by atoms with Gasteiger partial charge in [-0.2, -0.15) is 0 Å². The number of aliphatic hydroxyl groups is 1. The number of aliphatic hydroxyl groups excluding tert-OH is 1. The van der Waals surface area contributed by atoms with E-state index in [0.29, 0.717) is 12.1 Å². The number of nitrogens with one attached hydrogen (secondary N) is 1. The molecular formula is C21H27NO3. The first-order valence-corrected chi connectivity index (χ1v) is 8.80. The SMILES string of the molecule is CCCC(O)c1cccc(NCc2ccc(C(=O)O)c(C(C)C)c2)c1. The lowest BCUT2D eigenvalue weighted by Crippen LogP contribution is -2.07. The number of anilines is 1. The highest BCUT2D eigenvalue weighted by atomic mass is 16.4. The van der Waals surface area contributed by atoms with Gasteiger partial charge in [0.2, 0.25) is 0 Å². The van der Waals surface area contributed by atoms with Crippen molar-refractivity contribution < 1.29 is 15.0 Å². The third kappa shape index (κ3) is 5.07. The number of rotatable bonds is 8. The van der Waals surface area contributed by atoms with Crippen LogP contribution in [0.1, 0.15) is 72.7 Å². The molecule has 0 fully saturated rings. The summed E-state index contributed by atoms with van der Waals surface area (Å²) in [5, 5.41) is 22.8. The van der Waals surface area contributed by atoms with Gasteiger partial charge in [0.15, 0.2) is 0 Å². The lowest BCUT2D eigenvalue weighted by molar-refractivity contribution is 0.0695. The van der Waals surface area contributed by atoms with Crippen molar-refractivity contribution in [1.82, 2.24) is 0 Å². The minimum atomic E-state index is -0.888. The molecule has 2 aromatic rings. The molecule has 1 atom stereocenters. The molecule has 25 heavy (non-hydrogen) atoms. The number of carboxylic acid groups (broad SMARTS) is 1. The van der Waals surface area contributed by atoms with Crippen molar-refractivity contribution in [3.05, 3.63) is 64.7 Å². The van der Waals surface area contributed by atoms with Crippen LogP contribution in [0.4, 0.5) is 5.69 Å². The van der Waals surface area contributed by atoms with Gasteiger partial charge in [-0.3, -0.25) is 0 Å². The summed E-state index contributed by atoms with van der Waals surface area (Å²) in [6.07, 6.45) is 1.25. The molecule has 134 valence electrons. The molecule has 0 bridgehead atoms. The molecule has 4 heteroatoms. The van der Waals surface area contributed by atoms with Gasteiger partial charge >= 0.3 is 5.97 Å². The Morgan fingerprint density at radius 3 is 2.56 bits per heavy atom. The van der Waals surface area contributed by atoms with Gasteiger partial charge in [0.25, 0.3) is 0 Å². The quantitative estimate of drug-likeness (QED) is 0.635. The largest absolute Gasteiger partial charge is 0.478 e. The topological polar surface area (TPSA) is 69.6 Å². The van der Waals surface area contributed by atoms with Crippen molar-refractivity contribution in [1.29, 1.82) is 0 Å². The smallest absolute Gasteiger partial charge is 0.335 e. The van der Waals surface area contributed by atoms with Crippen molar-refractivity contribution in [2.75, 3.05) is 5.32 Å². The number of hydrogen-bond acceptors (Lipinski definition) is 3. The maximum Gasteiger partial charge on any atom is 0.335 e. The Morgan fingerprint density at radius 2 is 1.92 bits per heavy atom. The van der Waals surface area contributed by atoms with Gasteiger partial charge < -0.3 is 15.5 Å². The molecule has 0 saturated carbocycles. The molecule has 0 amide bonds. The minimum absolute atomic E-state index is 0.151. The van der Waals surface area contributed by atoms with Crippen molar-refractivity contribution in [3.8, 4) is 0 Å². The molecule has 3 N–H and O–H groups in total. The first-order valence-electron chi connectivity index (χ1n) is 8.80. The number of carbonyl (C=O) groups is 1. The Labute approximate surface area is 149 Å². The fourth-order valence-corrected chi connectivity index (χ4v) is 2.89. The molecule has 2 aromatic carbocycles. The predicted octanol–water partition coefficient (Wildman–Crippen LogP) is 4.95. The number of carboxylic acids is 1. The monoisotopic (exact) mass is 341 g/mol. The summed E-state index contributed by atoms with van der Waals surface area (Å²) in [6, 6.07) is 13.3. The van der Waals surface area contributed by atoms with Gasteiger partial charge in [-0.25, -0.2) is 4.79 Å². The molecule has 0 aliphatic carbocycles. The summed E-state index contributed by atoms with van der Waals surface area (Å²) in [4.78, 5) is 11.3. The third-order valence-electron chi connectivity index (χ3n) is 4.30. The van der Waals surface area contributed by atoms with E-state index in [0.717, 1.165) is 35.2 Å². The second-order valence-electron chi connectivity index (χ2n) is 6.66. The van der Waals surface area contributed by atoms with E-state index in [1.807, 2.05) is 50.2 Å². The molecule has 0 heterocycles. The summed E-state index contributed by atoms with van der Waals surface area (Å²) in [5.74, 6) is -0.737. The lowest BCUT2D eigenvalue weighted by atomic mass is 9.95. The Balaban J connectivity index is 2.12. The van der Waals surface area contributed by atoms with E-state index in [2.05, 4.69) is 12.2 Å². The van der Waals surface area contributed by atoms with Crippen LogP contribution in [0.2, 0.25) is 0 Å². The average molecular weight is 341 g/mol. The maximum atomic E-state index is 11.3. The van der Waals surface area contributed by atoms with Crippen LogP contribution in [0.25, 0.3) is 0 Å². The van der Waals surface area contributed by atoms with Gasteiger partial charge in [0, 0.05) is 12.2 Å². The summed E-state index contributed by atoms with van der Waals surface area (Å²) in [7, 11) is 0. The van der Waals surface area contributed by atoms with E-state index >= 15 is 0 Å². The van der Waals surface area contributed by atoms with E-state index in [9.17, 15) is 15.0 Å². The molecule has 2 rings (SSSR count). The van der Waals surface area contributed by atoms with Crippen LogP contribution < -0.4 is 5.32 Å². The normalized spacial score (nSPS) is 12.2. The summed E-state index contributed by atoms with van der Waals surface area (Å²) >= 11 is 0. The first kappa shape index (κ1) is 19.0. The predicted molar refractivity (Wildman–Crippen MR) is 101 cm³/mol. The minimum Gasteiger partial charge on any atom is -0.478 e. The van der Waals surface area contributed by atoms with Gasteiger partial charge in [0.05, 0.1) is 11.7 Å². The van der Waals surface area contributed by atoms with Crippen LogP contribution in [-0.4, -0.2) is 16.2 Å². The molecule has 0 aliphatic heterocycles. The molecule has 0 spiro atoms. The molecule has 0 saturated heterocycles. The van der Waals surface area contributed by atoms with E-state index in [-0.39, 0.29) is 5.92 Å². The van der Waals surface area contributed by atoms with Crippen LogP contribution in [-0.2, 0) is 6.54 Å². The molecule has 4 nitrogen and oxygen atoms in total. The highest BCUT2D eigenvalue weighted by Crippen LogP contribution is 2.24. The zero-order chi connectivity index (χ0) is 18.4. The van der Waals surface area contributed by atoms with E-state index in [4.69, 9.17) is 0 Å². The number of benzene rings is 2. The third-order valence-corrected chi connectivity index (χ3v) is 4.30. The highest BCUT2D eigenvalue weighted by molar-refractivity contribution is 5.89. The molecule has 0 aliphatic rings. The highest BCUT2D eigenvalue weighted by Gasteiger charge is 2.13. The van der Waals surface area contributed by atoms with E-state index in [1.165, 1.54) is 0 Å². The van der Waals surface area contributed by atoms with Crippen LogP contribution in [0, 0.1) is 0 Å². The Morgan fingerprint density at radius 1 is 1.16 bits per heavy atom. The fraction of sp³-hybridized carbons (Fsp3) is 0.381.